The lowest BCUT2D eigenvalue weighted by atomic mass is 9.78. The van der Waals surface area contributed by atoms with Crippen LogP contribution < -0.4 is 0 Å². The van der Waals surface area contributed by atoms with Crippen molar-refractivity contribution in [2.24, 2.45) is 0 Å². The molecule has 1 aliphatic rings. The topological polar surface area (TPSA) is 40.5 Å². The van der Waals surface area contributed by atoms with Gasteiger partial charge < -0.3 is 5.11 Å². The number of hydrogen-bond donors (Lipinski definition) is 1. The molecular formula is C16H21Cl2NO2. The maximum absolute atomic E-state index is 11.3. The van der Waals surface area contributed by atoms with Gasteiger partial charge in [-0.15, -0.1) is 0 Å². The molecule has 0 heterocycles. The third kappa shape index (κ3) is 4.12. The number of hydrogen-bond acceptors (Lipinski definition) is 2. The van der Waals surface area contributed by atoms with E-state index in [2.05, 4.69) is 4.90 Å². The molecule has 1 N–H and O–H groups in total. The normalized spacial score (nSPS) is 17.9. The molecule has 0 radical (unpaired) electrons. The predicted molar refractivity (Wildman–Crippen MR) is 86.0 cm³/mol. The van der Waals surface area contributed by atoms with E-state index in [4.69, 9.17) is 23.2 Å². The van der Waals surface area contributed by atoms with Gasteiger partial charge in [-0.1, -0.05) is 48.5 Å². The molecule has 2 rings (SSSR count). The molecule has 0 bridgehead atoms. The van der Waals surface area contributed by atoms with E-state index >= 15 is 0 Å². The van der Waals surface area contributed by atoms with Crippen molar-refractivity contribution in [1.82, 2.24) is 4.90 Å². The summed E-state index contributed by atoms with van der Waals surface area (Å²) in [6, 6.07) is 5.59. The fourth-order valence-corrected chi connectivity index (χ4v) is 3.59. The zero-order chi connectivity index (χ0) is 15.5. The third-order valence-corrected chi connectivity index (χ3v) is 5.22. The lowest BCUT2D eigenvalue weighted by Crippen LogP contribution is -2.49. The molecule has 116 valence electrons. The summed E-state index contributed by atoms with van der Waals surface area (Å²) in [6.07, 6.45) is 5.47. The summed E-state index contributed by atoms with van der Waals surface area (Å²) in [4.78, 5) is 13.4. The first-order chi connectivity index (χ1) is 9.93. The molecule has 3 nitrogen and oxygen atoms in total. The van der Waals surface area contributed by atoms with Crippen LogP contribution in [0, 0.1) is 0 Å². The summed E-state index contributed by atoms with van der Waals surface area (Å²) in [5, 5.41) is 10.3. The Morgan fingerprint density at radius 1 is 1.24 bits per heavy atom. The SMILES string of the molecule is CN(Cc1ccc(Cl)c(Cl)c1)C1(CC(=O)O)CCCCC1. The first-order valence-electron chi connectivity index (χ1n) is 7.30. The zero-order valence-electron chi connectivity index (χ0n) is 12.2. The Bertz CT molecular complexity index is 513. The lowest BCUT2D eigenvalue weighted by molar-refractivity contribution is -0.141. The van der Waals surface area contributed by atoms with E-state index < -0.39 is 5.97 Å². The van der Waals surface area contributed by atoms with Gasteiger partial charge in [-0.2, -0.15) is 0 Å². The van der Waals surface area contributed by atoms with Gasteiger partial charge in [0, 0.05) is 12.1 Å². The second-order valence-electron chi connectivity index (χ2n) is 5.96. The van der Waals surface area contributed by atoms with Crippen LogP contribution >= 0.6 is 23.2 Å². The minimum Gasteiger partial charge on any atom is -0.481 e. The fourth-order valence-electron chi connectivity index (χ4n) is 3.26. The van der Waals surface area contributed by atoms with Gasteiger partial charge in [0.25, 0.3) is 0 Å². The quantitative estimate of drug-likeness (QED) is 0.857. The standard InChI is InChI=1S/C16H21Cl2NO2/c1-19(11-12-5-6-13(17)14(18)9-12)16(10-15(20)21)7-3-2-4-8-16/h5-6,9H,2-4,7-8,10-11H2,1H3,(H,20,21). The Morgan fingerprint density at radius 3 is 2.48 bits per heavy atom. The molecule has 0 aromatic heterocycles. The molecule has 1 aromatic carbocycles. The fraction of sp³-hybridized carbons (Fsp3) is 0.562. The molecule has 1 fully saturated rings. The zero-order valence-corrected chi connectivity index (χ0v) is 13.8. The van der Waals surface area contributed by atoms with Gasteiger partial charge in [-0.05, 0) is 37.6 Å². The third-order valence-electron chi connectivity index (χ3n) is 4.48. The molecule has 1 saturated carbocycles. The molecule has 0 unspecified atom stereocenters. The average molecular weight is 330 g/mol. The minimum atomic E-state index is -0.724. The molecule has 1 aromatic rings. The highest BCUT2D eigenvalue weighted by molar-refractivity contribution is 6.42. The van der Waals surface area contributed by atoms with E-state index in [1.54, 1.807) is 6.07 Å². The van der Waals surface area contributed by atoms with Gasteiger partial charge in [0.1, 0.15) is 0 Å². The van der Waals surface area contributed by atoms with Crippen LogP contribution in [0.15, 0.2) is 18.2 Å². The Balaban J connectivity index is 2.15. The molecule has 0 saturated heterocycles. The van der Waals surface area contributed by atoms with E-state index in [0.717, 1.165) is 31.2 Å². The largest absolute Gasteiger partial charge is 0.481 e. The molecule has 0 spiro atoms. The monoisotopic (exact) mass is 329 g/mol. The number of benzene rings is 1. The van der Waals surface area contributed by atoms with Gasteiger partial charge in [0.05, 0.1) is 16.5 Å². The first kappa shape index (κ1) is 16.6. The summed E-state index contributed by atoms with van der Waals surface area (Å²) in [5.74, 6) is -0.724. The van der Waals surface area contributed by atoms with Crippen molar-refractivity contribution in [1.29, 1.82) is 0 Å². The van der Waals surface area contributed by atoms with Crippen molar-refractivity contribution >= 4 is 29.2 Å². The maximum Gasteiger partial charge on any atom is 0.305 e. The summed E-state index contributed by atoms with van der Waals surface area (Å²) in [7, 11) is 2.01. The van der Waals surface area contributed by atoms with Gasteiger partial charge >= 0.3 is 5.97 Å². The number of aliphatic carboxylic acids is 1. The van der Waals surface area contributed by atoms with Crippen LogP contribution in [0.1, 0.15) is 44.1 Å². The van der Waals surface area contributed by atoms with Crippen molar-refractivity contribution in [3.8, 4) is 0 Å². The van der Waals surface area contributed by atoms with Crippen LogP contribution in [0.3, 0.4) is 0 Å². The molecule has 0 atom stereocenters. The number of carbonyl (C=O) groups is 1. The summed E-state index contributed by atoms with van der Waals surface area (Å²) < 4.78 is 0. The smallest absolute Gasteiger partial charge is 0.305 e. The highest BCUT2D eigenvalue weighted by Crippen LogP contribution is 2.37. The minimum absolute atomic E-state index is 0.199. The maximum atomic E-state index is 11.3. The Kier molecular flexibility index (Phi) is 5.53. The molecule has 0 aliphatic heterocycles. The van der Waals surface area contributed by atoms with Gasteiger partial charge in [-0.25, -0.2) is 0 Å². The van der Waals surface area contributed by atoms with Crippen LogP contribution in [0.2, 0.25) is 10.0 Å². The summed E-state index contributed by atoms with van der Waals surface area (Å²) in [5.41, 5.74) is 0.818. The van der Waals surface area contributed by atoms with Crippen LogP contribution in [0.25, 0.3) is 0 Å². The van der Waals surface area contributed by atoms with Crippen molar-refractivity contribution in [2.45, 2.75) is 50.6 Å². The van der Waals surface area contributed by atoms with E-state index in [-0.39, 0.29) is 12.0 Å². The van der Waals surface area contributed by atoms with E-state index in [1.807, 2.05) is 19.2 Å². The van der Waals surface area contributed by atoms with E-state index in [1.165, 1.54) is 6.42 Å². The number of carboxylic acids is 1. The van der Waals surface area contributed by atoms with Crippen LogP contribution in [-0.4, -0.2) is 28.6 Å². The molecule has 21 heavy (non-hydrogen) atoms. The number of rotatable bonds is 5. The summed E-state index contributed by atoms with van der Waals surface area (Å²) in [6.45, 7) is 0.685. The lowest BCUT2D eigenvalue weighted by Gasteiger charge is -2.44. The molecule has 5 heteroatoms. The van der Waals surface area contributed by atoms with Crippen LogP contribution in [0.5, 0.6) is 0 Å². The molecule has 1 aliphatic carbocycles. The Labute approximate surface area is 135 Å². The van der Waals surface area contributed by atoms with Gasteiger partial charge in [0.15, 0.2) is 0 Å². The number of nitrogens with zero attached hydrogens (tertiary/aromatic N) is 1. The Morgan fingerprint density at radius 2 is 1.90 bits per heavy atom. The second-order valence-corrected chi connectivity index (χ2v) is 6.77. The van der Waals surface area contributed by atoms with Crippen molar-refractivity contribution in [2.75, 3.05) is 7.05 Å². The number of carboxylic acid groups (broad SMARTS) is 1. The van der Waals surface area contributed by atoms with Crippen molar-refractivity contribution < 1.29 is 9.90 Å². The molecule has 0 amide bonds. The van der Waals surface area contributed by atoms with Crippen molar-refractivity contribution in [3.05, 3.63) is 33.8 Å². The number of halogens is 2. The van der Waals surface area contributed by atoms with Crippen molar-refractivity contribution in [3.63, 3.8) is 0 Å². The van der Waals surface area contributed by atoms with E-state index in [0.29, 0.717) is 16.6 Å². The Hall–Kier alpha value is -0.770. The highest BCUT2D eigenvalue weighted by atomic mass is 35.5. The van der Waals surface area contributed by atoms with Gasteiger partial charge in [-0.3, -0.25) is 9.69 Å². The molecular weight excluding hydrogens is 309 g/mol. The average Bonchev–Trinajstić information content (AvgIpc) is 2.43. The van der Waals surface area contributed by atoms with Crippen LogP contribution in [0.4, 0.5) is 0 Å². The van der Waals surface area contributed by atoms with E-state index in [9.17, 15) is 9.90 Å². The summed E-state index contributed by atoms with van der Waals surface area (Å²) >= 11 is 12.0. The van der Waals surface area contributed by atoms with Crippen LogP contribution in [-0.2, 0) is 11.3 Å². The van der Waals surface area contributed by atoms with Gasteiger partial charge in [0.2, 0.25) is 0 Å². The highest BCUT2D eigenvalue weighted by Gasteiger charge is 2.37. The predicted octanol–water partition coefficient (Wildman–Crippen LogP) is 4.60. The second kappa shape index (κ2) is 6.99. The first-order valence-corrected chi connectivity index (χ1v) is 8.05.